The van der Waals surface area contributed by atoms with Crippen LogP contribution < -0.4 is 10.1 Å². The minimum atomic E-state index is -3.51. The van der Waals surface area contributed by atoms with Crippen LogP contribution in [0.4, 0.5) is 0 Å². The molecule has 1 heterocycles. The Kier molecular flexibility index (Phi) is 5.50. The van der Waals surface area contributed by atoms with Crippen LogP contribution in [0.1, 0.15) is 12.5 Å². The number of sulfonamides is 1. The molecule has 0 bridgehead atoms. The molecule has 1 saturated heterocycles. The monoisotopic (exact) mass is 299 g/mol. The van der Waals surface area contributed by atoms with Gasteiger partial charge in [0.15, 0.2) is 0 Å². The fourth-order valence-corrected chi connectivity index (χ4v) is 3.16. The average molecular weight is 299 g/mol. The number of benzene rings is 1. The summed E-state index contributed by atoms with van der Waals surface area (Å²) in [5.41, 5.74) is 0.955. The van der Waals surface area contributed by atoms with Crippen LogP contribution >= 0.6 is 0 Å². The molecule has 1 aromatic carbocycles. The van der Waals surface area contributed by atoms with Gasteiger partial charge < -0.3 is 10.1 Å². The Hall–Kier alpha value is -0.990. The molecule has 0 amide bonds. The van der Waals surface area contributed by atoms with Crippen LogP contribution in [0, 0.1) is 0 Å². The Labute approximate surface area is 120 Å². The maximum atomic E-state index is 12.3. The lowest BCUT2D eigenvalue weighted by Gasteiger charge is -2.26. The van der Waals surface area contributed by atoms with Gasteiger partial charge >= 0.3 is 0 Å². The molecule has 0 unspecified atom stereocenters. The maximum absolute atomic E-state index is 12.3. The van der Waals surface area contributed by atoms with E-state index in [1.807, 2.05) is 13.0 Å². The van der Waals surface area contributed by atoms with Crippen molar-refractivity contribution in [2.75, 3.05) is 32.8 Å². The summed E-state index contributed by atoms with van der Waals surface area (Å²) in [6, 6.07) is 6.99. The molecular weight excluding hydrogens is 278 g/mol. The second kappa shape index (κ2) is 7.14. The summed E-state index contributed by atoms with van der Waals surface area (Å²) in [5, 5.41) is 4.86. The second-order valence-electron chi connectivity index (χ2n) is 4.62. The molecule has 0 aromatic heterocycles. The van der Waals surface area contributed by atoms with E-state index in [-0.39, 0.29) is 0 Å². The summed E-state index contributed by atoms with van der Waals surface area (Å²) in [6.45, 7) is 5.75. The van der Waals surface area contributed by atoms with E-state index in [0.717, 1.165) is 12.1 Å². The molecule has 0 spiro atoms. The van der Waals surface area contributed by atoms with Crippen molar-refractivity contribution in [1.29, 1.82) is 0 Å². The molecule has 2 N–H and O–H groups in total. The summed E-state index contributed by atoms with van der Waals surface area (Å²) in [4.78, 5) is 2.89. The molecule has 2 rings (SSSR count). The third-order valence-electron chi connectivity index (χ3n) is 3.05. The minimum Gasteiger partial charge on any atom is -0.379 e. The molecule has 0 saturated carbocycles. The Morgan fingerprint density at radius 2 is 2.05 bits per heavy atom. The topological polar surface area (TPSA) is 70.7 Å². The first kappa shape index (κ1) is 15.4. The highest BCUT2D eigenvalue weighted by atomic mass is 32.2. The molecule has 1 aliphatic heterocycles. The minimum absolute atomic E-state index is 0.291. The van der Waals surface area contributed by atoms with Gasteiger partial charge in [0.1, 0.15) is 0 Å². The molecule has 20 heavy (non-hydrogen) atoms. The van der Waals surface area contributed by atoms with E-state index in [2.05, 4.69) is 10.1 Å². The van der Waals surface area contributed by atoms with Gasteiger partial charge in [0, 0.05) is 19.6 Å². The van der Waals surface area contributed by atoms with E-state index in [4.69, 9.17) is 4.74 Å². The zero-order chi connectivity index (χ0) is 14.4. The number of morpholine rings is 1. The molecular formula is C13H21N3O3S. The second-order valence-corrected chi connectivity index (χ2v) is 6.28. The van der Waals surface area contributed by atoms with E-state index >= 15 is 0 Å². The van der Waals surface area contributed by atoms with E-state index in [1.165, 1.54) is 0 Å². The number of hydrogen-bond donors (Lipinski definition) is 2. The standard InChI is InChI=1S/C13H21N3O3S/c1-2-14-11-12-4-3-5-13(10-12)20(17,18)15-16-6-8-19-9-7-16/h3-5,10,14-15H,2,6-9,11H2,1H3. The van der Waals surface area contributed by atoms with Gasteiger partial charge in [-0.3, -0.25) is 0 Å². The molecule has 6 nitrogen and oxygen atoms in total. The number of hydrogen-bond acceptors (Lipinski definition) is 5. The number of rotatable bonds is 6. The number of nitrogens with zero attached hydrogens (tertiary/aromatic N) is 1. The lowest BCUT2D eigenvalue weighted by molar-refractivity contribution is 0.0272. The van der Waals surface area contributed by atoms with Crippen LogP contribution in [-0.2, 0) is 21.3 Å². The van der Waals surface area contributed by atoms with Gasteiger partial charge in [-0.1, -0.05) is 19.1 Å². The number of hydrazine groups is 1. The van der Waals surface area contributed by atoms with Gasteiger partial charge in [-0.2, -0.15) is 0 Å². The van der Waals surface area contributed by atoms with Gasteiger partial charge in [0.05, 0.1) is 18.1 Å². The van der Waals surface area contributed by atoms with E-state index in [1.54, 1.807) is 23.2 Å². The van der Waals surface area contributed by atoms with Crippen LogP contribution in [0.15, 0.2) is 29.2 Å². The van der Waals surface area contributed by atoms with Crippen molar-refractivity contribution in [3.05, 3.63) is 29.8 Å². The van der Waals surface area contributed by atoms with E-state index in [0.29, 0.717) is 37.7 Å². The van der Waals surface area contributed by atoms with Gasteiger partial charge in [0.2, 0.25) is 0 Å². The first-order valence-corrected chi connectivity index (χ1v) is 8.25. The summed E-state index contributed by atoms with van der Waals surface area (Å²) in [5.74, 6) is 0. The maximum Gasteiger partial charge on any atom is 0.253 e. The summed E-state index contributed by atoms with van der Waals surface area (Å²) in [7, 11) is -3.51. The molecule has 0 atom stereocenters. The van der Waals surface area contributed by atoms with E-state index < -0.39 is 10.0 Å². The number of nitrogens with one attached hydrogen (secondary N) is 2. The van der Waals surface area contributed by atoms with Crippen molar-refractivity contribution in [2.45, 2.75) is 18.4 Å². The normalized spacial score (nSPS) is 17.2. The predicted molar refractivity (Wildman–Crippen MR) is 76.5 cm³/mol. The van der Waals surface area contributed by atoms with Gasteiger partial charge in [0.25, 0.3) is 10.0 Å². The smallest absolute Gasteiger partial charge is 0.253 e. The molecule has 1 aromatic rings. The third-order valence-corrected chi connectivity index (χ3v) is 4.42. The van der Waals surface area contributed by atoms with Crippen molar-refractivity contribution in [3.8, 4) is 0 Å². The van der Waals surface area contributed by atoms with Gasteiger partial charge in [-0.05, 0) is 24.2 Å². The van der Waals surface area contributed by atoms with Crippen LogP contribution in [0.3, 0.4) is 0 Å². The van der Waals surface area contributed by atoms with Crippen molar-refractivity contribution in [3.63, 3.8) is 0 Å². The first-order chi connectivity index (χ1) is 9.62. The van der Waals surface area contributed by atoms with Gasteiger partial charge in [-0.15, -0.1) is 4.83 Å². The lowest BCUT2D eigenvalue weighted by Crippen LogP contribution is -2.48. The van der Waals surface area contributed by atoms with Crippen LogP contribution in [0.25, 0.3) is 0 Å². The molecule has 0 radical (unpaired) electrons. The number of ether oxygens (including phenoxy) is 1. The van der Waals surface area contributed by atoms with Gasteiger partial charge in [-0.25, -0.2) is 13.4 Å². The first-order valence-electron chi connectivity index (χ1n) is 6.76. The largest absolute Gasteiger partial charge is 0.379 e. The summed E-state index contributed by atoms with van der Waals surface area (Å²) >= 11 is 0. The quantitative estimate of drug-likeness (QED) is 0.792. The molecule has 0 aliphatic carbocycles. The molecule has 7 heteroatoms. The van der Waals surface area contributed by atoms with Crippen LogP contribution in [-0.4, -0.2) is 46.3 Å². The zero-order valence-electron chi connectivity index (χ0n) is 11.6. The predicted octanol–water partition coefficient (Wildman–Crippen LogP) is 0.322. The van der Waals surface area contributed by atoms with Crippen molar-refractivity contribution >= 4 is 10.0 Å². The van der Waals surface area contributed by atoms with Crippen LogP contribution in [0.5, 0.6) is 0 Å². The third kappa shape index (κ3) is 4.26. The molecule has 1 aliphatic rings. The van der Waals surface area contributed by atoms with Crippen molar-refractivity contribution in [2.24, 2.45) is 0 Å². The Morgan fingerprint density at radius 1 is 1.30 bits per heavy atom. The Morgan fingerprint density at radius 3 is 2.75 bits per heavy atom. The average Bonchev–Trinajstić information content (AvgIpc) is 2.46. The Bertz CT molecular complexity index is 527. The summed E-state index contributed by atoms with van der Waals surface area (Å²) in [6.07, 6.45) is 0. The van der Waals surface area contributed by atoms with Crippen molar-refractivity contribution in [1.82, 2.24) is 15.2 Å². The highest BCUT2D eigenvalue weighted by Crippen LogP contribution is 2.12. The van der Waals surface area contributed by atoms with E-state index in [9.17, 15) is 8.42 Å². The summed E-state index contributed by atoms with van der Waals surface area (Å²) < 4.78 is 29.8. The Balaban J connectivity index is 2.07. The lowest BCUT2D eigenvalue weighted by atomic mass is 10.2. The fraction of sp³-hybridized carbons (Fsp3) is 0.538. The van der Waals surface area contributed by atoms with Crippen molar-refractivity contribution < 1.29 is 13.2 Å². The fourth-order valence-electron chi connectivity index (χ4n) is 1.97. The highest BCUT2D eigenvalue weighted by Gasteiger charge is 2.20. The zero-order valence-corrected chi connectivity index (χ0v) is 12.4. The molecule has 1 fully saturated rings. The SMILES string of the molecule is CCNCc1cccc(S(=O)(=O)NN2CCOCC2)c1. The molecule has 112 valence electrons. The van der Waals surface area contributed by atoms with Crippen LogP contribution in [0.2, 0.25) is 0 Å². The highest BCUT2D eigenvalue weighted by molar-refractivity contribution is 7.89.